The molecule has 0 radical (unpaired) electrons. The minimum Gasteiger partial charge on any atom is -0.355 e. The molecule has 2 rings (SSSR count). The zero-order valence-electron chi connectivity index (χ0n) is 15.5. The first kappa shape index (κ1) is 20.2. The lowest BCUT2D eigenvalue weighted by atomic mass is 9.96. The van der Waals surface area contributed by atoms with Gasteiger partial charge in [0.15, 0.2) is 0 Å². The van der Waals surface area contributed by atoms with E-state index < -0.39 is 5.41 Å². The smallest absolute Gasteiger partial charge is 0.255 e. The fourth-order valence-electron chi connectivity index (χ4n) is 2.66. The van der Waals surface area contributed by atoms with Gasteiger partial charge in [-0.3, -0.25) is 14.4 Å². The maximum absolute atomic E-state index is 12.6. The molecule has 0 aliphatic carbocycles. The monoisotopic (exact) mass is 379 g/mol. The van der Waals surface area contributed by atoms with Gasteiger partial charge in [-0.1, -0.05) is 32.4 Å². The molecular weight excluding hydrogens is 354 g/mol. The number of rotatable bonds is 5. The van der Waals surface area contributed by atoms with Crippen molar-refractivity contribution in [2.75, 3.05) is 25.0 Å². The highest BCUT2D eigenvalue weighted by Gasteiger charge is 2.23. The van der Waals surface area contributed by atoms with Gasteiger partial charge in [-0.05, 0) is 31.0 Å². The molecule has 6 nitrogen and oxygen atoms in total. The quantitative estimate of drug-likeness (QED) is 0.825. The number of benzene rings is 1. The fourth-order valence-corrected chi connectivity index (χ4v) is 2.84. The van der Waals surface area contributed by atoms with Gasteiger partial charge >= 0.3 is 0 Å². The molecule has 1 fully saturated rings. The molecule has 1 aliphatic rings. The molecule has 1 aromatic carbocycles. The van der Waals surface area contributed by atoms with Crippen LogP contribution in [0.2, 0.25) is 5.02 Å². The third-order valence-electron chi connectivity index (χ3n) is 4.20. The lowest BCUT2D eigenvalue weighted by Gasteiger charge is -2.19. The van der Waals surface area contributed by atoms with Crippen LogP contribution in [0.25, 0.3) is 0 Å². The van der Waals surface area contributed by atoms with E-state index in [4.69, 9.17) is 11.6 Å². The van der Waals surface area contributed by atoms with Crippen molar-refractivity contribution in [1.82, 2.24) is 10.2 Å². The third kappa shape index (κ3) is 5.46. The lowest BCUT2D eigenvalue weighted by molar-refractivity contribution is -0.128. The topological polar surface area (TPSA) is 78.5 Å². The molecule has 0 aromatic heterocycles. The minimum absolute atomic E-state index is 0.101. The second kappa shape index (κ2) is 8.54. The maximum Gasteiger partial charge on any atom is 0.255 e. The van der Waals surface area contributed by atoms with Crippen molar-refractivity contribution >= 4 is 35.0 Å². The predicted molar refractivity (Wildman–Crippen MR) is 102 cm³/mol. The molecule has 1 aliphatic heterocycles. The SMILES string of the molecule is CC(C)(C)C(=O)NCCC(=O)Nc1cc(Cl)ccc1C(=O)N1CCCC1. The molecule has 7 heteroatoms. The van der Waals surface area contributed by atoms with Crippen LogP contribution in [0.15, 0.2) is 18.2 Å². The molecule has 3 amide bonds. The van der Waals surface area contributed by atoms with E-state index in [0.29, 0.717) is 16.3 Å². The number of hydrogen-bond donors (Lipinski definition) is 2. The molecule has 26 heavy (non-hydrogen) atoms. The van der Waals surface area contributed by atoms with Crippen molar-refractivity contribution in [3.63, 3.8) is 0 Å². The molecule has 1 heterocycles. The number of hydrogen-bond acceptors (Lipinski definition) is 3. The molecule has 0 saturated carbocycles. The second-order valence-electron chi connectivity index (χ2n) is 7.49. The van der Waals surface area contributed by atoms with Crippen molar-refractivity contribution in [3.05, 3.63) is 28.8 Å². The van der Waals surface area contributed by atoms with Gasteiger partial charge in [0, 0.05) is 36.5 Å². The Hall–Kier alpha value is -2.08. The van der Waals surface area contributed by atoms with Gasteiger partial charge in [0.1, 0.15) is 0 Å². The van der Waals surface area contributed by atoms with Gasteiger partial charge in [0.2, 0.25) is 11.8 Å². The van der Waals surface area contributed by atoms with E-state index in [2.05, 4.69) is 10.6 Å². The summed E-state index contributed by atoms with van der Waals surface area (Å²) in [4.78, 5) is 38.5. The Morgan fingerprint density at radius 1 is 1.15 bits per heavy atom. The number of nitrogens with zero attached hydrogens (tertiary/aromatic N) is 1. The molecule has 142 valence electrons. The van der Waals surface area contributed by atoms with Crippen LogP contribution < -0.4 is 10.6 Å². The summed E-state index contributed by atoms with van der Waals surface area (Å²) in [6.45, 7) is 7.12. The van der Waals surface area contributed by atoms with Gasteiger partial charge < -0.3 is 15.5 Å². The summed E-state index contributed by atoms with van der Waals surface area (Å²) < 4.78 is 0. The molecule has 0 atom stereocenters. The lowest BCUT2D eigenvalue weighted by Crippen LogP contribution is -2.36. The summed E-state index contributed by atoms with van der Waals surface area (Å²) in [7, 11) is 0. The largest absolute Gasteiger partial charge is 0.355 e. The van der Waals surface area contributed by atoms with Crippen molar-refractivity contribution in [3.8, 4) is 0 Å². The summed E-state index contributed by atoms with van der Waals surface area (Å²) in [5.74, 6) is -0.495. The molecule has 0 unspecified atom stereocenters. The van der Waals surface area contributed by atoms with Gasteiger partial charge in [0.25, 0.3) is 5.91 Å². The molecular formula is C19H26ClN3O3. The predicted octanol–water partition coefficient (Wildman–Crippen LogP) is 3.07. The van der Waals surface area contributed by atoms with E-state index in [0.717, 1.165) is 25.9 Å². The Balaban J connectivity index is 1.99. The zero-order valence-corrected chi connectivity index (χ0v) is 16.3. The Bertz CT molecular complexity index is 692. The number of halogens is 1. The van der Waals surface area contributed by atoms with Crippen LogP contribution >= 0.6 is 11.6 Å². The molecule has 1 aromatic rings. The van der Waals surface area contributed by atoms with Crippen LogP contribution in [0.3, 0.4) is 0 Å². The molecule has 1 saturated heterocycles. The first-order chi connectivity index (χ1) is 12.2. The van der Waals surface area contributed by atoms with E-state index in [1.165, 1.54) is 0 Å². The number of nitrogens with one attached hydrogen (secondary N) is 2. The summed E-state index contributed by atoms with van der Waals surface area (Å²) in [5, 5.41) is 5.92. The average Bonchev–Trinajstić information content (AvgIpc) is 3.08. The van der Waals surface area contributed by atoms with Gasteiger partial charge in [-0.2, -0.15) is 0 Å². The highest BCUT2D eigenvalue weighted by atomic mass is 35.5. The van der Waals surface area contributed by atoms with E-state index in [9.17, 15) is 14.4 Å². The van der Waals surface area contributed by atoms with E-state index >= 15 is 0 Å². The zero-order chi connectivity index (χ0) is 19.3. The number of anilines is 1. The molecule has 0 bridgehead atoms. The second-order valence-corrected chi connectivity index (χ2v) is 7.93. The number of carbonyl (C=O) groups excluding carboxylic acids is 3. The van der Waals surface area contributed by atoms with Crippen molar-refractivity contribution in [2.45, 2.75) is 40.0 Å². The summed E-state index contributed by atoms with van der Waals surface area (Å²) in [6.07, 6.45) is 2.11. The normalized spacial score (nSPS) is 14.2. The molecule has 2 N–H and O–H groups in total. The van der Waals surface area contributed by atoms with Crippen LogP contribution in [0.1, 0.15) is 50.4 Å². The van der Waals surface area contributed by atoms with E-state index in [1.807, 2.05) is 20.8 Å². The average molecular weight is 380 g/mol. The maximum atomic E-state index is 12.6. The van der Waals surface area contributed by atoms with Crippen LogP contribution in [0.5, 0.6) is 0 Å². The summed E-state index contributed by atoms with van der Waals surface area (Å²) in [6, 6.07) is 4.86. The summed E-state index contributed by atoms with van der Waals surface area (Å²) in [5.41, 5.74) is 0.337. The summed E-state index contributed by atoms with van der Waals surface area (Å²) >= 11 is 6.03. The Morgan fingerprint density at radius 3 is 2.42 bits per heavy atom. The Kier molecular flexibility index (Phi) is 6.64. The highest BCUT2D eigenvalue weighted by molar-refractivity contribution is 6.31. The number of carbonyl (C=O) groups is 3. The highest BCUT2D eigenvalue weighted by Crippen LogP contribution is 2.24. The first-order valence-corrected chi connectivity index (χ1v) is 9.23. The fraction of sp³-hybridized carbons (Fsp3) is 0.526. The minimum atomic E-state index is -0.501. The van der Waals surface area contributed by atoms with Crippen LogP contribution in [0, 0.1) is 5.41 Å². The van der Waals surface area contributed by atoms with E-state index in [1.54, 1.807) is 23.1 Å². The van der Waals surface area contributed by atoms with Crippen molar-refractivity contribution in [1.29, 1.82) is 0 Å². The third-order valence-corrected chi connectivity index (χ3v) is 4.43. The van der Waals surface area contributed by atoms with Crippen LogP contribution in [-0.4, -0.2) is 42.3 Å². The molecule has 0 spiro atoms. The van der Waals surface area contributed by atoms with Gasteiger partial charge in [-0.25, -0.2) is 0 Å². The Morgan fingerprint density at radius 2 is 1.81 bits per heavy atom. The van der Waals surface area contributed by atoms with Crippen LogP contribution in [-0.2, 0) is 9.59 Å². The van der Waals surface area contributed by atoms with Crippen LogP contribution in [0.4, 0.5) is 5.69 Å². The standard InChI is InChI=1S/C19H26ClN3O3/c1-19(2,3)18(26)21-9-8-16(24)22-15-12-13(20)6-7-14(15)17(25)23-10-4-5-11-23/h6-7,12H,4-5,8-11H2,1-3H3,(H,21,26)(H,22,24). The van der Waals surface area contributed by atoms with Gasteiger partial charge in [-0.15, -0.1) is 0 Å². The number of amides is 3. The first-order valence-electron chi connectivity index (χ1n) is 8.85. The Labute approximate surface area is 159 Å². The van der Waals surface area contributed by atoms with E-state index in [-0.39, 0.29) is 30.7 Å². The van der Waals surface area contributed by atoms with Crippen molar-refractivity contribution in [2.24, 2.45) is 5.41 Å². The van der Waals surface area contributed by atoms with Gasteiger partial charge in [0.05, 0.1) is 11.3 Å². The number of likely N-dealkylation sites (tertiary alicyclic amines) is 1. The van der Waals surface area contributed by atoms with Crippen molar-refractivity contribution < 1.29 is 14.4 Å².